The summed E-state index contributed by atoms with van der Waals surface area (Å²) in [5.41, 5.74) is 0.753. The molecular weight excluding hydrogens is 304 g/mol. The third-order valence-electron chi connectivity index (χ3n) is 5.02. The summed E-state index contributed by atoms with van der Waals surface area (Å²) in [5.74, 6) is 0.473. The van der Waals surface area contributed by atoms with Crippen LogP contribution in [0.2, 0.25) is 0 Å². The van der Waals surface area contributed by atoms with Gasteiger partial charge in [0.25, 0.3) is 0 Å². The topological polar surface area (TPSA) is 61.8 Å². The number of nitrogens with zero attached hydrogens (tertiary/aromatic N) is 1. The van der Waals surface area contributed by atoms with Gasteiger partial charge in [-0.1, -0.05) is 0 Å². The van der Waals surface area contributed by atoms with E-state index in [2.05, 4.69) is 10.2 Å². The molecule has 2 unspecified atom stereocenters. The van der Waals surface area contributed by atoms with Crippen molar-refractivity contribution < 1.29 is 14.6 Å². The lowest BCUT2D eigenvalue weighted by Crippen LogP contribution is -2.28. The molecule has 0 bridgehead atoms. The number of ether oxygens (including phenoxy) is 1. The molecule has 1 aliphatic heterocycles. The van der Waals surface area contributed by atoms with E-state index in [-0.39, 0.29) is 11.8 Å². The zero-order chi connectivity index (χ0) is 16.8. The Balaban J connectivity index is 1.39. The van der Waals surface area contributed by atoms with Crippen molar-refractivity contribution in [3.8, 4) is 5.75 Å². The van der Waals surface area contributed by atoms with Gasteiger partial charge in [-0.2, -0.15) is 0 Å². The lowest BCUT2D eigenvalue weighted by Gasteiger charge is -2.15. The summed E-state index contributed by atoms with van der Waals surface area (Å²) in [6, 6.07) is 7.48. The zero-order valence-corrected chi connectivity index (χ0v) is 14.2. The van der Waals surface area contributed by atoms with Crippen LogP contribution >= 0.6 is 0 Å². The van der Waals surface area contributed by atoms with E-state index < -0.39 is 6.10 Å². The maximum atomic E-state index is 12.1. The molecule has 1 aromatic carbocycles. The second-order valence-corrected chi connectivity index (χ2v) is 6.87. The van der Waals surface area contributed by atoms with E-state index in [1.807, 2.05) is 24.3 Å². The van der Waals surface area contributed by atoms with Crippen molar-refractivity contribution in [2.45, 2.75) is 44.6 Å². The Kier molecular flexibility index (Phi) is 6.10. The summed E-state index contributed by atoms with van der Waals surface area (Å²) < 4.78 is 5.76. The molecule has 2 atom stereocenters. The monoisotopic (exact) mass is 332 g/mol. The Morgan fingerprint density at radius 3 is 2.58 bits per heavy atom. The van der Waals surface area contributed by atoms with E-state index in [9.17, 15) is 9.90 Å². The Labute approximate surface area is 144 Å². The van der Waals surface area contributed by atoms with Crippen molar-refractivity contribution in [3.63, 3.8) is 0 Å². The van der Waals surface area contributed by atoms with Crippen molar-refractivity contribution >= 4 is 11.6 Å². The number of nitrogens with one attached hydrogen (secondary N) is 1. The van der Waals surface area contributed by atoms with Gasteiger partial charge >= 0.3 is 0 Å². The van der Waals surface area contributed by atoms with Crippen LogP contribution in [-0.2, 0) is 4.79 Å². The van der Waals surface area contributed by atoms with Gasteiger partial charge < -0.3 is 20.1 Å². The first-order chi connectivity index (χ1) is 11.7. The second kappa shape index (κ2) is 8.49. The molecule has 0 spiro atoms. The van der Waals surface area contributed by atoms with Gasteiger partial charge in [0.05, 0.1) is 18.6 Å². The van der Waals surface area contributed by atoms with Gasteiger partial charge in [-0.25, -0.2) is 0 Å². The van der Waals surface area contributed by atoms with E-state index >= 15 is 0 Å². The van der Waals surface area contributed by atoms with Gasteiger partial charge in [0.1, 0.15) is 5.75 Å². The molecule has 24 heavy (non-hydrogen) atoms. The molecule has 5 nitrogen and oxygen atoms in total. The van der Waals surface area contributed by atoms with Gasteiger partial charge in [0.2, 0.25) is 5.91 Å². The molecule has 1 saturated carbocycles. The Morgan fingerprint density at radius 1 is 1.17 bits per heavy atom. The van der Waals surface area contributed by atoms with Gasteiger partial charge in [-0.05, 0) is 75.9 Å². The third kappa shape index (κ3) is 4.71. The number of likely N-dealkylation sites (tertiary alicyclic amines) is 1. The fourth-order valence-corrected chi connectivity index (χ4v) is 3.60. The van der Waals surface area contributed by atoms with Crippen LogP contribution in [0.1, 0.15) is 38.5 Å². The van der Waals surface area contributed by atoms with Crippen LogP contribution in [0.5, 0.6) is 5.75 Å². The number of benzene rings is 1. The summed E-state index contributed by atoms with van der Waals surface area (Å²) in [6.07, 6.45) is 5.61. The lowest BCUT2D eigenvalue weighted by molar-refractivity contribution is -0.122. The predicted molar refractivity (Wildman–Crippen MR) is 94.2 cm³/mol. The van der Waals surface area contributed by atoms with Crippen LogP contribution in [0.25, 0.3) is 0 Å². The number of aliphatic hydroxyl groups is 1. The smallest absolute Gasteiger partial charge is 0.230 e. The number of amides is 1. The molecule has 5 heteroatoms. The highest BCUT2D eigenvalue weighted by atomic mass is 16.5. The molecule has 132 valence electrons. The molecule has 1 saturated heterocycles. The Morgan fingerprint density at radius 2 is 1.92 bits per heavy atom. The van der Waals surface area contributed by atoms with Crippen LogP contribution in [-0.4, -0.2) is 48.3 Å². The van der Waals surface area contributed by atoms with Crippen LogP contribution in [0.3, 0.4) is 0 Å². The number of hydrogen-bond donors (Lipinski definition) is 2. The first-order valence-corrected chi connectivity index (χ1v) is 9.16. The second-order valence-electron chi connectivity index (χ2n) is 6.87. The Hall–Kier alpha value is -1.59. The number of aliphatic hydroxyl groups excluding tert-OH is 1. The average Bonchev–Trinajstić information content (AvgIpc) is 3.24. The lowest BCUT2D eigenvalue weighted by atomic mass is 10.1. The molecule has 1 heterocycles. The van der Waals surface area contributed by atoms with Gasteiger partial charge in [-0.3, -0.25) is 4.79 Å². The van der Waals surface area contributed by atoms with Crippen LogP contribution in [0.15, 0.2) is 24.3 Å². The SMILES string of the molecule is O=C(Nc1ccc(OCCCN2CCCC2)cc1)C1CCCC1O. The molecule has 1 amide bonds. The van der Waals surface area contributed by atoms with E-state index in [0.717, 1.165) is 50.3 Å². The summed E-state index contributed by atoms with van der Waals surface area (Å²) >= 11 is 0. The van der Waals surface area contributed by atoms with E-state index in [1.165, 1.54) is 25.9 Å². The van der Waals surface area contributed by atoms with Crippen molar-refractivity contribution in [1.29, 1.82) is 0 Å². The van der Waals surface area contributed by atoms with Crippen molar-refractivity contribution in [2.24, 2.45) is 5.92 Å². The van der Waals surface area contributed by atoms with Crippen LogP contribution in [0.4, 0.5) is 5.69 Å². The number of anilines is 1. The molecule has 2 aliphatic rings. The minimum atomic E-state index is -0.497. The molecule has 2 fully saturated rings. The molecule has 1 aromatic rings. The summed E-state index contributed by atoms with van der Waals surface area (Å²) in [6.45, 7) is 4.28. The standard InChI is InChI=1S/C19H28N2O3/c22-18-6-3-5-17(18)19(23)20-15-7-9-16(10-8-15)24-14-4-13-21-11-1-2-12-21/h7-10,17-18,22H,1-6,11-14H2,(H,20,23). The Bertz CT molecular complexity index is 526. The van der Waals surface area contributed by atoms with Crippen molar-refractivity contribution in [1.82, 2.24) is 4.90 Å². The van der Waals surface area contributed by atoms with Crippen molar-refractivity contribution in [2.75, 3.05) is 31.6 Å². The normalized spacial score (nSPS) is 24.2. The molecule has 0 aromatic heterocycles. The first kappa shape index (κ1) is 17.2. The van der Waals surface area contributed by atoms with Crippen LogP contribution < -0.4 is 10.1 Å². The minimum Gasteiger partial charge on any atom is -0.494 e. The van der Waals surface area contributed by atoms with Crippen molar-refractivity contribution in [3.05, 3.63) is 24.3 Å². The average molecular weight is 332 g/mol. The number of hydrogen-bond acceptors (Lipinski definition) is 4. The molecule has 3 rings (SSSR count). The molecule has 0 radical (unpaired) electrons. The van der Waals surface area contributed by atoms with E-state index in [0.29, 0.717) is 0 Å². The molecular formula is C19H28N2O3. The highest BCUT2D eigenvalue weighted by Gasteiger charge is 2.31. The van der Waals surface area contributed by atoms with Gasteiger partial charge in [0, 0.05) is 12.2 Å². The third-order valence-corrected chi connectivity index (χ3v) is 5.02. The highest BCUT2D eigenvalue weighted by Crippen LogP contribution is 2.27. The minimum absolute atomic E-state index is 0.0840. The number of carbonyl (C=O) groups excluding carboxylic acids is 1. The van der Waals surface area contributed by atoms with E-state index in [1.54, 1.807) is 0 Å². The van der Waals surface area contributed by atoms with Gasteiger partial charge in [-0.15, -0.1) is 0 Å². The fraction of sp³-hybridized carbons (Fsp3) is 0.632. The summed E-state index contributed by atoms with van der Waals surface area (Å²) in [5, 5.41) is 12.7. The number of rotatable bonds is 7. The fourth-order valence-electron chi connectivity index (χ4n) is 3.60. The molecule has 2 N–H and O–H groups in total. The maximum absolute atomic E-state index is 12.1. The highest BCUT2D eigenvalue weighted by molar-refractivity contribution is 5.93. The maximum Gasteiger partial charge on any atom is 0.230 e. The van der Waals surface area contributed by atoms with Gasteiger partial charge in [0.15, 0.2) is 0 Å². The summed E-state index contributed by atoms with van der Waals surface area (Å²) in [7, 11) is 0. The summed E-state index contributed by atoms with van der Waals surface area (Å²) in [4.78, 5) is 14.6. The largest absolute Gasteiger partial charge is 0.494 e. The predicted octanol–water partition coefficient (Wildman–Crippen LogP) is 2.65. The molecule has 1 aliphatic carbocycles. The van der Waals surface area contributed by atoms with Crippen LogP contribution in [0, 0.1) is 5.92 Å². The van der Waals surface area contributed by atoms with E-state index in [4.69, 9.17) is 4.74 Å². The zero-order valence-electron chi connectivity index (χ0n) is 14.2. The number of carbonyl (C=O) groups is 1. The quantitative estimate of drug-likeness (QED) is 0.754. The first-order valence-electron chi connectivity index (χ1n) is 9.16.